The molecule has 58 heavy (non-hydrogen) atoms. The molecule has 1 amide bonds. The fraction of sp³-hybridized carbons (Fsp3) is 0.457. The van der Waals surface area contributed by atoms with Gasteiger partial charge in [-0.25, -0.2) is 4.39 Å². The molecule has 0 aromatic heterocycles. The molecule has 12 heteroatoms. The molecule has 6 rings (SSSR count). The van der Waals surface area contributed by atoms with Crippen molar-refractivity contribution in [1.29, 1.82) is 0 Å². The Balaban J connectivity index is 1.65. The van der Waals surface area contributed by atoms with Crippen molar-refractivity contribution in [3.8, 4) is 5.75 Å². The summed E-state index contributed by atoms with van der Waals surface area (Å²) in [4.78, 5) is 47.2. The summed E-state index contributed by atoms with van der Waals surface area (Å²) in [6.07, 6.45) is 1.48. The second-order valence-electron chi connectivity index (χ2n) is 18.2. The van der Waals surface area contributed by atoms with E-state index in [0.717, 1.165) is 17.5 Å². The molecule has 3 aromatic carbocycles. The molecular formula is C46H58FN3O7Si. The lowest BCUT2D eigenvalue weighted by Gasteiger charge is -2.57. The minimum absolute atomic E-state index is 0.0156. The van der Waals surface area contributed by atoms with Crippen molar-refractivity contribution in [2.45, 2.75) is 103 Å². The number of ketones is 2. The van der Waals surface area contributed by atoms with Gasteiger partial charge >= 0.3 is 0 Å². The maximum Gasteiger partial charge on any atom is 0.255 e. The van der Waals surface area contributed by atoms with E-state index < -0.39 is 76.7 Å². The number of hydrogen-bond donors (Lipinski definition) is 3. The molecule has 0 bridgehead atoms. The first kappa shape index (κ1) is 42.8. The number of Topliss-reactive ketones (excluding diaryl/α,β-unsaturated/α-hetero) is 2. The monoisotopic (exact) mass is 811 g/mol. The summed E-state index contributed by atoms with van der Waals surface area (Å²) >= 11 is 0. The van der Waals surface area contributed by atoms with Crippen LogP contribution in [0.4, 0.5) is 10.1 Å². The van der Waals surface area contributed by atoms with Crippen molar-refractivity contribution in [3.05, 3.63) is 117 Å². The number of aliphatic hydroxyl groups is 2. The number of ether oxygens (including phenoxy) is 1. The maximum absolute atomic E-state index is 17.1. The Hall–Kier alpha value is -4.78. The highest BCUT2D eigenvalue weighted by Crippen LogP contribution is 2.60. The van der Waals surface area contributed by atoms with Crippen LogP contribution < -0.4 is 15.4 Å². The molecule has 3 aliphatic rings. The number of allylic oxidation sites excluding steroid dienone is 1. The first-order valence-electron chi connectivity index (χ1n) is 20.1. The van der Waals surface area contributed by atoms with Crippen molar-refractivity contribution in [3.63, 3.8) is 0 Å². The number of benzene rings is 3. The first-order chi connectivity index (χ1) is 27.2. The molecule has 4 N–H and O–H groups in total. The van der Waals surface area contributed by atoms with Crippen LogP contribution in [0.3, 0.4) is 0 Å². The van der Waals surface area contributed by atoms with Crippen molar-refractivity contribution >= 4 is 31.5 Å². The number of halogens is 1. The van der Waals surface area contributed by atoms with Crippen molar-refractivity contribution < 1.29 is 38.1 Å². The molecule has 0 saturated heterocycles. The summed E-state index contributed by atoms with van der Waals surface area (Å²) < 4.78 is 30.7. The number of nitrogens with zero attached hydrogens (tertiary/aromatic N) is 2. The molecule has 4 atom stereocenters. The van der Waals surface area contributed by atoms with Gasteiger partial charge in [-0.05, 0) is 62.6 Å². The van der Waals surface area contributed by atoms with E-state index in [9.17, 15) is 19.8 Å². The van der Waals surface area contributed by atoms with E-state index in [4.69, 9.17) is 14.9 Å². The average Bonchev–Trinajstić information content (AvgIpc) is 3.13. The SMILES string of the molecule is CCCCOc1c(N(Cc2ccccc2)Cc2ccccc2)cc(F)c2c1C(=O)C1=C(O)[C@]3(O[Si](C)(C)C(C)(C)C)C(=O)C(C(N)=O)=C(O)[C@@H](N(C)C)[C@@H]3C[C@]1(C)C2. The standard InChI is InChI=1S/C46H58FN3O7Si/c1-10-11-22-56-40-33(50(26-28-18-14-12-15-19-28)27-29-20-16-13-17-21-29)23-32(47)30-24-45(5)25-31-37(49(6)7)39(52)35(43(48)55)41(53)46(31,57-58(8,9)44(2,3)4)42(54)36(45)38(51)34(30)40/h12-21,23,31,37,52,54H,10-11,22,24-27H2,1-9H3,(H2,48,55)/t31-,37-,45-,46+/m0/s1. The molecule has 0 radical (unpaired) electrons. The van der Waals surface area contributed by atoms with E-state index in [2.05, 4.69) is 0 Å². The Labute approximate surface area is 342 Å². The zero-order valence-corrected chi connectivity index (χ0v) is 36.2. The minimum Gasteiger partial charge on any atom is -0.510 e. The van der Waals surface area contributed by atoms with E-state index in [1.54, 1.807) is 25.9 Å². The van der Waals surface area contributed by atoms with E-state index >= 15 is 9.18 Å². The average molecular weight is 812 g/mol. The fourth-order valence-electron chi connectivity index (χ4n) is 8.86. The minimum atomic E-state index is -3.05. The smallest absolute Gasteiger partial charge is 0.255 e. The highest BCUT2D eigenvalue weighted by molar-refractivity contribution is 6.74. The summed E-state index contributed by atoms with van der Waals surface area (Å²) in [6, 6.07) is 20.0. The van der Waals surface area contributed by atoms with E-state index in [1.807, 2.05) is 106 Å². The topological polar surface area (TPSA) is 143 Å². The summed E-state index contributed by atoms with van der Waals surface area (Å²) in [5.41, 5.74) is 3.99. The normalized spacial score (nSPS) is 23.4. The molecular weight excluding hydrogens is 754 g/mol. The molecule has 310 valence electrons. The lowest BCUT2D eigenvalue weighted by molar-refractivity contribution is -0.147. The molecule has 0 spiro atoms. The van der Waals surface area contributed by atoms with Gasteiger partial charge < -0.3 is 30.0 Å². The van der Waals surface area contributed by atoms with Gasteiger partial charge in [-0.2, -0.15) is 0 Å². The summed E-state index contributed by atoms with van der Waals surface area (Å²) in [7, 11) is 0.318. The lowest BCUT2D eigenvalue weighted by atomic mass is 9.53. The van der Waals surface area contributed by atoms with Crippen LogP contribution in [0.1, 0.15) is 80.9 Å². The molecule has 3 aliphatic carbocycles. The molecule has 0 fully saturated rings. The Kier molecular flexibility index (Phi) is 11.6. The van der Waals surface area contributed by atoms with Crippen LogP contribution in [0.25, 0.3) is 0 Å². The Bertz CT molecular complexity index is 2120. The number of nitrogens with two attached hydrogens (primary N) is 1. The largest absolute Gasteiger partial charge is 0.510 e. The highest BCUT2D eigenvalue weighted by Gasteiger charge is 2.68. The number of rotatable bonds is 13. The van der Waals surface area contributed by atoms with Gasteiger partial charge in [0.05, 0.1) is 23.9 Å². The third kappa shape index (κ3) is 7.28. The Morgan fingerprint density at radius 1 is 1.00 bits per heavy atom. The van der Waals surface area contributed by atoms with Crippen molar-refractivity contribution in [2.75, 3.05) is 25.6 Å². The van der Waals surface area contributed by atoms with Gasteiger partial charge in [0, 0.05) is 41.6 Å². The van der Waals surface area contributed by atoms with Gasteiger partial charge in [-0.1, -0.05) is 102 Å². The third-order valence-electron chi connectivity index (χ3n) is 12.7. The van der Waals surface area contributed by atoms with E-state index in [-0.39, 0.29) is 41.9 Å². The van der Waals surface area contributed by atoms with Gasteiger partial charge in [0.2, 0.25) is 5.78 Å². The third-order valence-corrected chi connectivity index (χ3v) is 17.2. The number of fused-ring (bicyclic) bond motifs is 3. The summed E-state index contributed by atoms with van der Waals surface area (Å²) in [5, 5.41) is 24.1. The van der Waals surface area contributed by atoms with Crippen LogP contribution in [-0.2, 0) is 33.5 Å². The Morgan fingerprint density at radius 2 is 1.57 bits per heavy atom. The summed E-state index contributed by atoms with van der Waals surface area (Å²) in [5.74, 6) is -5.40. The van der Waals surface area contributed by atoms with Crippen LogP contribution in [0, 0.1) is 17.2 Å². The Morgan fingerprint density at radius 3 is 2.07 bits per heavy atom. The number of carbonyl (C=O) groups excluding carboxylic acids is 3. The number of aliphatic hydroxyl groups excluding tert-OH is 2. The molecule has 10 nitrogen and oxygen atoms in total. The predicted molar refractivity (Wildman–Crippen MR) is 226 cm³/mol. The van der Waals surface area contributed by atoms with Crippen LogP contribution in [0.5, 0.6) is 5.75 Å². The van der Waals surface area contributed by atoms with Gasteiger partial charge in [0.15, 0.2) is 25.5 Å². The van der Waals surface area contributed by atoms with E-state index in [0.29, 0.717) is 25.2 Å². The fourth-order valence-corrected chi connectivity index (χ4v) is 10.3. The number of anilines is 1. The van der Waals surface area contributed by atoms with E-state index in [1.165, 1.54) is 6.07 Å². The van der Waals surface area contributed by atoms with Crippen molar-refractivity contribution in [1.82, 2.24) is 4.90 Å². The van der Waals surface area contributed by atoms with Crippen molar-refractivity contribution in [2.24, 2.45) is 17.1 Å². The van der Waals surface area contributed by atoms with Gasteiger partial charge in [0.25, 0.3) is 5.91 Å². The number of primary amides is 1. The first-order valence-corrected chi connectivity index (χ1v) is 23.0. The van der Waals surface area contributed by atoms with Gasteiger partial charge in [-0.3, -0.25) is 19.3 Å². The molecule has 0 heterocycles. The number of hydrogen-bond acceptors (Lipinski definition) is 9. The molecule has 0 saturated carbocycles. The second-order valence-corrected chi connectivity index (χ2v) is 22.9. The van der Waals surface area contributed by atoms with Crippen LogP contribution in [-0.4, -0.2) is 73.2 Å². The summed E-state index contributed by atoms with van der Waals surface area (Å²) in [6.45, 7) is 14.5. The maximum atomic E-state index is 17.1. The zero-order chi connectivity index (χ0) is 42.5. The quantitative estimate of drug-likeness (QED) is 0.0882. The molecule has 0 aliphatic heterocycles. The number of likely N-dealkylation sites (N-methyl/N-ethyl adjacent to an activating group) is 1. The number of carbonyl (C=O) groups is 3. The second kappa shape index (κ2) is 15.8. The van der Waals surface area contributed by atoms with Gasteiger partial charge in [-0.15, -0.1) is 0 Å². The van der Waals surface area contributed by atoms with Crippen LogP contribution in [0.15, 0.2) is 89.4 Å². The highest BCUT2D eigenvalue weighted by atomic mass is 28.4. The van der Waals surface area contributed by atoms with Gasteiger partial charge in [0.1, 0.15) is 22.9 Å². The molecule has 0 unspecified atom stereocenters. The number of amides is 1. The van der Waals surface area contributed by atoms with Crippen LogP contribution in [0.2, 0.25) is 18.1 Å². The lowest BCUT2D eigenvalue weighted by Crippen LogP contribution is -2.69. The van der Waals surface area contributed by atoms with Crippen LogP contribution >= 0.6 is 0 Å². The number of unbranched alkanes of at least 4 members (excludes halogenated alkanes) is 1. The predicted octanol–water partition coefficient (Wildman–Crippen LogP) is 8.36. The zero-order valence-electron chi connectivity index (χ0n) is 35.2. The molecule has 3 aromatic rings.